The van der Waals surface area contributed by atoms with Crippen molar-refractivity contribution in [3.8, 4) is 10.4 Å². The van der Waals surface area contributed by atoms with E-state index in [1.54, 1.807) is 13.0 Å². The molecule has 1 aromatic heterocycles. The number of nitrogens with one attached hydrogen (secondary N) is 1. The number of benzene rings is 2. The summed E-state index contributed by atoms with van der Waals surface area (Å²) >= 11 is 1.52. The monoisotopic (exact) mass is 357 g/mol. The van der Waals surface area contributed by atoms with Crippen molar-refractivity contribution >= 4 is 27.0 Å². The van der Waals surface area contributed by atoms with Gasteiger partial charge in [0, 0.05) is 10.3 Å². The van der Waals surface area contributed by atoms with E-state index in [1.807, 2.05) is 49.6 Å². The van der Waals surface area contributed by atoms with E-state index >= 15 is 0 Å². The SMILES string of the molecule is Cc1ccc(-c2cc(NS(=O)(=O)c3cc(C)ccc3C)cs2)cc1. The van der Waals surface area contributed by atoms with E-state index < -0.39 is 10.0 Å². The van der Waals surface area contributed by atoms with E-state index in [0.29, 0.717) is 10.6 Å². The molecule has 2 aromatic carbocycles. The molecule has 3 aromatic rings. The molecule has 1 heterocycles. The lowest BCUT2D eigenvalue weighted by Crippen LogP contribution is -2.14. The molecule has 1 N–H and O–H groups in total. The van der Waals surface area contributed by atoms with Gasteiger partial charge in [-0.15, -0.1) is 11.3 Å². The molecule has 0 amide bonds. The summed E-state index contributed by atoms with van der Waals surface area (Å²) in [6.45, 7) is 5.74. The van der Waals surface area contributed by atoms with Gasteiger partial charge >= 0.3 is 0 Å². The Morgan fingerprint density at radius 3 is 2.25 bits per heavy atom. The highest BCUT2D eigenvalue weighted by Gasteiger charge is 2.18. The van der Waals surface area contributed by atoms with Crippen LogP contribution in [0.2, 0.25) is 0 Å². The Kier molecular flexibility index (Phi) is 4.47. The molecule has 5 heteroatoms. The molecule has 0 unspecified atom stereocenters. The summed E-state index contributed by atoms with van der Waals surface area (Å²) in [5.74, 6) is 0. The van der Waals surface area contributed by atoms with Crippen molar-refractivity contribution in [2.24, 2.45) is 0 Å². The molecular formula is C19H19NO2S2. The van der Waals surface area contributed by atoms with Crippen LogP contribution < -0.4 is 4.72 Å². The highest BCUT2D eigenvalue weighted by Crippen LogP contribution is 2.31. The molecule has 0 atom stereocenters. The maximum atomic E-state index is 12.7. The van der Waals surface area contributed by atoms with Crippen molar-refractivity contribution in [3.05, 3.63) is 70.6 Å². The lowest BCUT2D eigenvalue weighted by Gasteiger charge is -2.09. The summed E-state index contributed by atoms with van der Waals surface area (Å²) < 4.78 is 28.0. The molecule has 0 aliphatic heterocycles. The third-order valence-corrected chi connectivity index (χ3v) is 6.32. The van der Waals surface area contributed by atoms with E-state index in [2.05, 4.69) is 16.9 Å². The van der Waals surface area contributed by atoms with Crippen LogP contribution in [0.4, 0.5) is 5.69 Å². The smallest absolute Gasteiger partial charge is 0.262 e. The zero-order valence-electron chi connectivity index (χ0n) is 13.8. The minimum absolute atomic E-state index is 0.325. The molecule has 0 bridgehead atoms. The maximum absolute atomic E-state index is 12.7. The zero-order valence-corrected chi connectivity index (χ0v) is 15.5. The quantitative estimate of drug-likeness (QED) is 0.702. The number of hydrogen-bond donors (Lipinski definition) is 1. The first-order valence-corrected chi connectivity index (χ1v) is 9.97. The predicted octanol–water partition coefficient (Wildman–Crippen LogP) is 5.14. The molecule has 24 heavy (non-hydrogen) atoms. The average Bonchev–Trinajstić information content (AvgIpc) is 2.98. The minimum Gasteiger partial charge on any atom is -0.279 e. The molecule has 0 saturated heterocycles. The molecule has 0 fully saturated rings. The Balaban J connectivity index is 1.88. The standard InChI is InChI=1S/C19H19NO2S2/c1-13-5-8-16(9-6-13)18-11-17(12-23-18)20-24(21,22)19-10-14(2)4-7-15(19)3/h4-12,20H,1-3H3. The predicted molar refractivity (Wildman–Crippen MR) is 101 cm³/mol. The minimum atomic E-state index is -3.59. The maximum Gasteiger partial charge on any atom is 0.262 e. The zero-order chi connectivity index (χ0) is 17.3. The molecule has 0 radical (unpaired) electrons. The summed E-state index contributed by atoms with van der Waals surface area (Å²) in [5.41, 5.74) is 4.54. The second-order valence-electron chi connectivity index (χ2n) is 5.94. The Bertz CT molecular complexity index is 971. The van der Waals surface area contributed by atoms with Crippen LogP contribution in [0.1, 0.15) is 16.7 Å². The van der Waals surface area contributed by atoms with Gasteiger partial charge in [0.2, 0.25) is 0 Å². The van der Waals surface area contributed by atoms with Gasteiger partial charge in [-0.1, -0.05) is 42.0 Å². The van der Waals surface area contributed by atoms with Crippen LogP contribution in [0.3, 0.4) is 0 Å². The fourth-order valence-electron chi connectivity index (χ4n) is 2.47. The molecule has 3 rings (SSSR count). The van der Waals surface area contributed by atoms with E-state index in [9.17, 15) is 8.42 Å². The molecule has 0 spiro atoms. The van der Waals surface area contributed by atoms with Crippen LogP contribution in [-0.4, -0.2) is 8.42 Å². The normalized spacial score (nSPS) is 11.5. The van der Waals surface area contributed by atoms with Crippen molar-refractivity contribution in [2.75, 3.05) is 4.72 Å². The number of rotatable bonds is 4. The first-order chi connectivity index (χ1) is 11.3. The van der Waals surface area contributed by atoms with Gasteiger partial charge in [0.05, 0.1) is 10.6 Å². The van der Waals surface area contributed by atoms with Crippen molar-refractivity contribution in [3.63, 3.8) is 0 Å². The third kappa shape index (κ3) is 3.52. The molecule has 0 aliphatic rings. The first kappa shape index (κ1) is 16.7. The van der Waals surface area contributed by atoms with Crippen LogP contribution in [0.5, 0.6) is 0 Å². The fraction of sp³-hybridized carbons (Fsp3) is 0.158. The molecule has 0 aliphatic carbocycles. The van der Waals surface area contributed by atoms with E-state index in [0.717, 1.165) is 21.6 Å². The second-order valence-corrected chi connectivity index (χ2v) is 8.50. The number of sulfonamides is 1. The summed E-state index contributed by atoms with van der Waals surface area (Å²) in [6, 6.07) is 15.5. The van der Waals surface area contributed by atoms with Crippen molar-refractivity contribution < 1.29 is 8.42 Å². The summed E-state index contributed by atoms with van der Waals surface area (Å²) in [4.78, 5) is 1.36. The number of hydrogen-bond acceptors (Lipinski definition) is 3. The van der Waals surface area contributed by atoms with Gasteiger partial charge in [0.25, 0.3) is 10.0 Å². The van der Waals surface area contributed by atoms with E-state index in [4.69, 9.17) is 0 Å². The highest BCUT2D eigenvalue weighted by molar-refractivity contribution is 7.92. The van der Waals surface area contributed by atoms with Crippen molar-refractivity contribution in [1.82, 2.24) is 0 Å². The summed E-state index contributed by atoms with van der Waals surface area (Å²) in [6.07, 6.45) is 0. The van der Waals surface area contributed by atoms with Crippen LogP contribution in [0.15, 0.2) is 58.8 Å². The molecule has 0 saturated carbocycles. The van der Waals surface area contributed by atoms with Gasteiger partial charge in [-0.3, -0.25) is 4.72 Å². The van der Waals surface area contributed by atoms with Gasteiger partial charge in [0.15, 0.2) is 0 Å². The van der Waals surface area contributed by atoms with Crippen molar-refractivity contribution in [1.29, 1.82) is 0 Å². The van der Waals surface area contributed by atoms with E-state index in [1.165, 1.54) is 16.9 Å². The number of anilines is 1. The number of aryl methyl sites for hydroxylation is 3. The Morgan fingerprint density at radius 2 is 1.54 bits per heavy atom. The van der Waals surface area contributed by atoms with Gasteiger partial charge in [0.1, 0.15) is 0 Å². The highest BCUT2D eigenvalue weighted by atomic mass is 32.2. The van der Waals surface area contributed by atoms with Crippen LogP contribution in [0.25, 0.3) is 10.4 Å². The first-order valence-electron chi connectivity index (χ1n) is 7.61. The molecule has 3 nitrogen and oxygen atoms in total. The van der Waals surface area contributed by atoms with Crippen LogP contribution in [0, 0.1) is 20.8 Å². The van der Waals surface area contributed by atoms with Gasteiger partial charge in [-0.25, -0.2) is 8.42 Å². The van der Waals surface area contributed by atoms with Crippen LogP contribution in [-0.2, 0) is 10.0 Å². The lowest BCUT2D eigenvalue weighted by atomic mass is 10.1. The number of thiophene rings is 1. The van der Waals surface area contributed by atoms with Gasteiger partial charge in [-0.2, -0.15) is 0 Å². The van der Waals surface area contributed by atoms with E-state index in [-0.39, 0.29) is 0 Å². The Labute approximate surface area is 147 Å². The topological polar surface area (TPSA) is 46.2 Å². The van der Waals surface area contributed by atoms with Crippen molar-refractivity contribution in [2.45, 2.75) is 25.7 Å². The van der Waals surface area contributed by atoms with Gasteiger partial charge < -0.3 is 0 Å². The lowest BCUT2D eigenvalue weighted by molar-refractivity contribution is 0.600. The Morgan fingerprint density at radius 1 is 0.875 bits per heavy atom. The summed E-state index contributed by atoms with van der Waals surface area (Å²) in [5, 5.41) is 1.83. The average molecular weight is 358 g/mol. The molecule has 124 valence electrons. The van der Waals surface area contributed by atoms with Gasteiger partial charge in [-0.05, 0) is 49.6 Å². The second kappa shape index (κ2) is 6.42. The molecular weight excluding hydrogens is 338 g/mol. The van der Waals surface area contributed by atoms with Crippen LogP contribution >= 0.6 is 11.3 Å². The third-order valence-electron chi connectivity index (χ3n) is 3.82. The fourth-order valence-corrected chi connectivity index (χ4v) is 4.76. The summed E-state index contributed by atoms with van der Waals surface area (Å²) in [7, 11) is -3.59. The largest absolute Gasteiger partial charge is 0.279 e. The Hall–Kier alpha value is -2.11.